The molecule has 0 amide bonds. The van der Waals surface area contributed by atoms with Gasteiger partial charge in [0.15, 0.2) is 0 Å². The molecule has 0 saturated carbocycles. The van der Waals surface area contributed by atoms with Crippen molar-refractivity contribution in [1.29, 1.82) is 0 Å². The van der Waals surface area contributed by atoms with Crippen LogP contribution in [0.1, 0.15) is 51.4 Å². The van der Waals surface area contributed by atoms with Gasteiger partial charge in [0.05, 0.1) is 10.8 Å². The Morgan fingerprint density at radius 2 is 0.976 bits per heavy atom. The first-order valence-electron chi connectivity index (χ1n) is 15.3. The molecule has 1 heterocycles. The molecule has 218 valence electrons. The number of hydrogen-bond donors (Lipinski definition) is 3. The van der Waals surface area contributed by atoms with Crippen molar-refractivity contribution in [2.24, 2.45) is 0 Å². The van der Waals surface area contributed by atoms with Gasteiger partial charge in [-0.15, -0.1) is 0 Å². The maximum atomic E-state index is 12.2. The number of anilines is 1. The van der Waals surface area contributed by atoms with Crippen LogP contribution in [-0.2, 0) is 0 Å². The molecule has 0 atom stereocenters. The molecule has 5 nitrogen and oxygen atoms in total. The van der Waals surface area contributed by atoms with E-state index in [9.17, 15) is 9.59 Å². The van der Waals surface area contributed by atoms with Gasteiger partial charge in [-0.2, -0.15) is 0 Å². The fourth-order valence-corrected chi connectivity index (χ4v) is 11.2. The fraction of sp³-hybridized carbons (Fsp3) is 0.278. The molecule has 6 heteroatoms. The van der Waals surface area contributed by atoms with E-state index in [1.54, 1.807) is 6.07 Å². The van der Waals surface area contributed by atoms with E-state index in [4.69, 9.17) is 0 Å². The smallest absolute Gasteiger partial charge is 0.0560 e. The van der Waals surface area contributed by atoms with Gasteiger partial charge in [-0.3, -0.25) is 19.8 Å². The molecule has 0 aliphatic carbocycles. The van der Waals surface area contributed by atoms with E-state index in [-0.39, 0.29) is 11.1 Å². The van der Waals surface area contributed by atoms with Gasteiger partial charge in [0, 0.05) is 0 Å². The van der Waals surface area contributed by atoms with Crippen molar-refractivity contribution in [3.05, 3.63) is 130 Å². The largest absolute Gasteiger partial charge is 0.0594 e. The number of fused-ring (bicyclic) bond motifs is 1. The van der Waals surface area contributed by atoms with Gasteiger partial charge in [0.25, 0.3) is 11.1 Å². The van der Waals surface area contributed by atoms with Gasteiger partial charge in [-0.1, -0.05) is 6.07 Å². The summed E-state index contributed by atoms with van der Waals surface area (Å²) >= 11 is 0. The van der Waals surface area contributed by atoms with Crippen molar-refractivity contribution in [1.82, 2.24) is 10.2 Å². The van der Waals surface area contributed by atoms with Crippen LogP contribution < -0.4 is 32.3 Å². The van der Waals surface area contributed by atoms with E-state index in [1.165, 1.54) is 60.6 Å². The predicted molar refractivity (Wildman–Crippen MR) is 182 cm³/mol. The molecular formula is C36H42N3O2P. The van der Waals surface area contributed by atoms with Gasteiger partial charge >= 0.3 is 189 Å². The normalized spacial score (nSPS) is 11.9. The molecule has 0 aliphatic rings. The molecule has 5 rings (SSSR count). The summed E-state index contributed by atoms with van der Waals surface area (Å²) in [6.07, 6.45) is 10.9. The molecule has 0 spiro atoms. The minimum Gasteiger partial charge on any atom is -0.0594 e. The van der Waals surface area contributed by atoms with Crippen molar-refractivity contribution < 1.29 is 0 Å². The Kier molecular flexibility index (Phi) is 10.4. The average Bonchev–Trinajstić information content (AvgIpc) is 3.05. The summed E-state index contributed by atoms with van der Waals surface area (Å²) in [6.45, 7) is 0.788. The Morgan fingerprint density at radius 3 is 1.52 bits per heavy atom. The first kappa shape index (κ1) is 29.5. The summed E-state index contributed by atoms with van der Waals surface area (Å²) in [5, 5.41) is 13.5. The molecule has 0 saturated heterocycles. The second-order valence-electron chi connectivity index (χ2n) is 11.1. The maximum absolute atomic E-state index is 12.2. The molecule has 0 bridgehead atoms. The van der Waals surface area contributed by atoms with Crippen LogP contribution in [0, 0.1) is 0 Å². The Bertz CT molecular complexity index is 1550. The van der Waals surface area contributed by atoms with Gasteiger partial charge in [0.2, 0.25) is 0 Å². The van der Waals surface area contributed by atoms with Crippen LogP contribution in [0.4, 0.5) is 5.69 Å². The number of aromatic nitrogens is 2. The molecule has 0 radical (unpaired) electrons. The van der Waals surface area contributed by atoms with Gasteiger partial charge < -0.3 is 0 Å². The number of H-pyrrole nitrogens is 2. The first-order valence-corrected chi connectivity index (χ1v) is 17.5. The quantitative estimate of drug-likeness (QED) is 0.0982. The number of nitrogens with one attached hydrogen (secondary N) is 3. The van der Waals surface area contributed by atoms with E-state index in [1.807, 2.05) is 12.1 Å². The van der Waals surface area contributed by atoms with Crippen molar-refractivity contribution in [3.8, 4) is 0 Å². The summed E-state index contributed by atoms with van der Waals surface area (Å²) in [6, 6.07) is 39.0. The standard InChI is InChI=1S/C36H42N3O2P/c40-35-32-25-18-26-33(34(32)36(41)39-38-35)37-27-16-5-3-1-2-4-6-17-28-42(29-19-10-7-11-20-29,30-21-12-8-13-22-30)31-23-14-9-15-24-31/h7-15,18-26,37,42H,1-6,16-17,27-28H2,(H,38,40)(H,39,41). The molecule has 5 aromatic rings. The van der Waals surface area contributed by atoms with Crippen LogP contribution in [0.3, 0.4) is 0 Å². The third-order valence-corrected chi connectivity index (χ3v) is 13.5. The van der Waals surface area contributed by atoms with E-state index >= 15 is 0 Å². The monoisotopic (exact) mass is 579 g/mol. The van der Waals surface area contributed by atoms with Crippen molar-refractivity contribution in [2.45, 2.75) is 51.4 Å². The van der Waals surface area contributed by atoms with Crippen LogP contribution in [0.15, 0.2) is 119 Å². The summed E-state index contributed by atoms with van der Waals surface area (Å²) in [5.74, 6) is 0. The third kappa shape index (κ3) is 6.91. The zero-order chi connectivity index (χ0) is 29.0. The number of benzene rings is 4. The minimum absolute atomic E-state index is 0.274. The Hall–Kier alpha value is -3.95. The Labute approximate surface area is 248 Å². The SMILES string of the molecule is O=c1[nH][nH]c(=O)c2c(NCCCCCCCCCC[PH](c3ccccc3)(c3ccccc3)c3ccccc3)cccc12. The van der Waals surface area contributed by atoms with E-state index < -0.39 is 7.26 Å². The van der Waals surface area contributed by atoms with E-state index in [0.29, 0.717) is 10.8 Å². The summed E-state index contributed by atoms with van der Waals surface area (Å²) in [5.41, 5.74) is 0.173. The van der Waals surface area contributed by atoms with Crippen LogP contribution in [0.5, 0.6) is 0 Å². The number of hydrogen-bond acceptors (Lipinski definition) is 3. The summed E-state index contributed by atoms with van der Waals surface area (Å²) in [7, 11) is -2.11. The van der Waals surface area contributed by atoms with Gasteiger partial charge in [-0.25, -0.2) is 0 Å². The molecule has 0 unspecified atom stereocenters. The first-order chi connectivity index (χ1) is 20.7. The van der Waals surface area contributed by atoms with Crippen LogP contribution >= 0.6 is 7.26 Å². The van der Waals surface area contributed by atoms with Crippen LogP contribution in [-0.4, -0.2) is 22.9 Å². The molecule has 1 aromatic heterocycles. The molecule has 0 aliphatic heterocycles. The Balaban J connectivity index is 1.09. The molecule has 42 heavy (non-hydrogen) atoms. The van der Waals surface area contributed by atoms with E-state index in [2.05, 4.69) is 107 Å². The Morgan fingerprint density at radius 1 is 0.500 bits per heavy atom. The minimum atomic E-state index is -2.11. The predicted octanol–water partition coefficient (Wildman–Crippen LogP) is 6.48. The number of aromatic amines is 2. The van der Waals surface area contributed by atoms with Gasteiger partial charge in [0.1, 0.15) is 0 Å². The third-order valence-electron chi connectivity index (χ3n) is 8.42. The maximum Gasteiger partial charge on any atom is 0.0560 e. The molecule has 3 N–H and O–H groups in total. The van der Waals surface area contributed by atoms with Crippen molar-refractivity contribution in [2.75, 3.05) is 18.0 Å². The van der Waals surface area contributed by atoms with Crippen molar-refractivity contribution >= 4 is 39.6 Å². The number of unbranched alkanes of at least 4 members (excludes halogenated alkanes) is 7. The van der Waals surface area contributed by atoms with Crippen LogP contribution in [0.2, 0.25) is 0 Å². The van der Waals surface area contributed by atoms with E-state index in [0.717, 1.165) is 25.1 Å². The second-order valence-corrected chi connectivity index (χ2v) is 15.2. The molecular weight excluding hydrogens is 537 g/mol. The summed E-state index contributed by atoms with van der Waals surface area (Å²) < 4.78 is 0. The van der Waals surface area contributed by atoms with Gasteiger partial charge in [-0.05, 0) is 12.1 Å². The molecule has 0 fully saturated rings. The average molecular weight is 580 g/mol. The number of rotatable bonds is 15. The zero-order valence-electron chi connectivity index (χ0n) is 24.3. The topological polar surface area (TPSA) is 77.8 Å². The fourth-order valence-electron chi connectivity index (χ4n) is 6.28. The van der Waals surface area contributed by atoms with Crippen molar-refractivity contribution in [3.63, 3.8) is 0 Å². The molecule has 4 aromatic carbocycles. The zero-order valence-corrected chi connectivity index (χ0v) is 25.3. The second kappa shape index (κ2) is 14.8. The summed E-state index contributed by atoms with van der Waals surface area (Å²) in [4.78, 5) is 24.3. The van der Waals surface area contributed by atoms with Crippen LogP contribution in [0.25, 0.3) is 10.8 Å².